The van der Waals surface area contributed by atoms with Crippen molar-refractivity contribution in [1.82, 2.24) is 0 Å². The van der Waals surface area contributed by atoms with Gasteiger partial charge in [0.1, 0.15) is 0 Å². The second kappa shape index (κ2) is 9.83. The van der Waals surface area contributed by atoms with Crippen LogP contribution >= 0.6 is 0 Å². The molecule has 0 saturated carbocycles. The van der Waals surface area contributed by atoms with Crippen molar-refractivity contribution in [3.63, 3.8) is 0 Å². The third-order valence-electron chi connectivity index (χ3n) is 4.40. The lowest BCUT2D eigenvalue weighted by atomic mass is 10.0. The Balaban J connectivity index is 1.61. The molecule has 0 bridgehead atoms. The van der Waals surface area contributed by atoms with Crippen molar-refractivity contribution in [3.8, 4) is 0 Å². The molecule has 0 amide bonds. The number of ether oxygens (including phenoxy) is 3. The average molecular weight is 324 g/mol. The maximum atomic E-state index is 12.0. The van der Waals surface area contributed by atoms with Gasteiger partial charge in [0.25, 0.3) is 0 Å². The van der Waals surface area contributed by atoms with E-state index in [4.69, 9.17) is 9.47 Å². The highest BCUT2D eigenvalue weighted by Gasteiger charge is 2.27. The van der Waals surface area contributed by atoms with E-state index < -0.39 is 0 Å². The molecular weight excluding hydrogens is 296 g/mol. The van der Waals surface area contributed by atoms with Crippen molar-refractivity contribution in [2.45, 2.75) is 76.6 Å². The first kappa shape index (κ1) is 18.1. The fraction of sp³-hybridized carbons (Fsp3) is 0.778. The molecule has 1 aliphatic heterocycles. The Morgan fingerprint density at radius 2 is 2.09 bits per heavy atom. The summed E-state index contributed by atoms with van der Waals surface area (Å²) in [6, 6.07) is 0. The summed E-state index contributed by atoms with van der Waals surface area (Å²) in [6.45, 7) is 0.757. The first-order chi connectivity index (χ1) is 11.2. The van der Waals surface area contributed by atoms with Crippen LogP contribution in [0, 0.1) is 0 Å². The third-order valence-corrected chi connectivity index (χ3v) is 4.40. The van der Waals surface area contributed by atoms with Crippen LogP contribution in [-0.4, -0.2) is 37.9 Å². The molecule has 2 rings (SSSR count). The van der Waals surface area contributed by atoms with Crippen LogP contribution < -0.4 is 0 Å². The lowest BCUT2D eigenvalue weighted by Crippen LogP contribution is -2.26. The Bertz CT molecular complexity index is 423. The molecule has 1 fully saturated rings. The fourth-order valence-electron chi connectivity index (χ4n) is 3.05. The van der Waals surface area contributed by atoms with Gasteiger partial charge in [0, 0.05) is 19.4 Å². The molecule has 0 spiro atoms. The average Bonchev–Trinajstić information content (AvgIpc) is 2.91. The molecule has 0 aromatic carbocycles. The lowest BCUT2D eigenvalue weighted by Gasteiger charge is -2.24. The molecule has 0 aromatic rings. The van der Waals surface area contributed by atoms with E-state index in [9.17, 15) is 9.59 Å². The van der Waals surface area contributed by atoms with Gasteiger partial charge < -0.3 is 14.2 Å². The maximum Gasteiger partial charge on any atom is 0.305 e. The van der Waals surface area contributed by atoms with Crippen LogP contribution in [-0.2, 0) is 23.8 Å². The summed E-state index contributed by atoms with van der Waals surface area (Å²) in [4.78, 5) is 23.0. The fourth-order valence-corrected chi connectivity index (χ4v) is 3.05. The van der Waals surface area contributed by atoms with E-state index in [2.05, 4.69) is 4.74 Å². The Labute approximate surface area is 138 Å². The van der Waals surface area contributed by atoms with Gasteiger partial charge >= 0.3 is 5.97 Å². The number of unbranched alkanes of at least 4 members (excludes halogenated alkanes) is 3. The molecule has 130 valence electrons. The quantitative estimate of drug-likeness (QED) is 0.481. The maximum absolute atomic E-state index is 12.0. The van der Waals surface area contributed by atoms with Gasteiger partial charge in [-0.15, -0.1) is 0 Å². The molecule has 1 heterocycles. The minimum Gasteiger partial charge on any atom is -0.469 e. The van der Waals surface area contributed by atoms with Crippen molar-refractivity contribution in [1.29, 1.82) is 0 Å². The number of Topliss-reactive ketones (excluding diaryl/α,β-unsaturated/α-hetero) is 1. The topological polar surface area (TPSA) is 61.8 Å². The minimum absolute atomic E-state index is 0.111. The summed E-state index contributed by atoms with van der Waals surface area (Å²) in [6.07, 6.45) is 10.5. The van der Waals surface area contributed by atoms with Crippen LogP contribution in [0.15, 0.2) is 11.6 Å². The van der Waals surface area contributed by atoms with Crippen LogP contribution in [0.3, 0.4) is 0 Å². The van der Waals surface area contributed by atoms with E-state index in [1.807, 2.05) is 6.08 Å². The number of rotatable bonds is 9. The number of ketones is 1. The number of carbonyl (C=O) groups excluding carboxylic acids is 2. The highest BCUT2D eigenvalue weighted by molar-refractivity contribution is 5.98. The van der Waals surface area contributed by atoms with E-state index in [0.29, 0.717) is 12.8 Å². The van der Waals surface area contributed by atoms with Crippen LogP contribution in [0.5, 0.6) is 0 Å². The van der Waals surface area contributed by atoms with Gasteiger partial charge in [-0.1, -0.05) is 12.8 Å². The van der Waals surface area contributed by atoms with E-state index in [0.717, 1.165) is 63.5 Å². The molecule has 23 heavy (non-hydrogen) atoms. The van der Waals surface area contributed by atoms with Crippen molar-refractivity contribution < 1.29 is 23.8 Å². The molecule has 0 unspecified atom stereocenters. The standard InChI is InChI=1S/C18H28O5/c1-21-17(20)9-5-3-2-4-8-14-12-15(13-16(14)19)23-18-10-6-7-11-22-18/h12,15,18H,2-11,13H2,1H3/t15-,18+/m1/s1. The summed E-state index contributed by atoms with van der Waals surface area (Å²) in [5.41, 5.74) is 0.902. The number of allylic oxidation sites excluding steroid dienone is 1. The van der Waals surface area contributed by atoms with Gasteiger partial charge in [-0.2, -0.15) is 0 Å². The first-order valence-corrected chi connectivity index (χ1v) is 8.77. The van der Waals surface area contributed by atoms with Crippen LogP contribution in [0.2, 0.25) is 0 Å². The molecule has 0 N–H and O–H groups in total. The predicted molar refractivity (Wildman–Crippen MR) is 85.9 cm³/mol. The number of hydrogen-bond acceptors (Lipinski definition) is 5. The van der Waals surface area contributed by atoms with Gasteiger partial charge in [0.05, 0.1) is 13.2 Å². The Morgan fingerprint density at radius 3 is 2.83 bits per heavy atom. The first-order valence-electron chi connectivity index (χ1n) is 8.77. The molecule has 1 aliphatic carbocycles. The van der Waals surface area contributed by atoms with Crippen molar-refractivity contribution >= 4 is 11.8 Å². The SMILES string of the molecule is COC(=O)CCCCCCC1=C[C@@H](O[C@H]2CCCCO2)CC1=O. The largest absolute Gasteiger partial charge is 0.469 e. The zero-order valence-electron chi connectivity index (χ0n) is 14.1. The summed E-state index contributed by atoms with van der Waals surface area (Å²) in [7, 11) is 1.41. The Morgan fingerprint density at radius 1 is 1.26 bits per heavy atom. The lowest BCUT2D eigenvalue weighted by molar-refractivity contribution is -0.178. The van der Waals surface area contributed by atoms with Gasteiger partial charge in [-0.25, -0.2) is 0 Å². The highest BCUT2D eigenvalue weighted by atomic mass is 16.7. The van der Waals surface area contributed by atoms with E-state index in [1.54, 1.807) is 0 Å². The normalized spacial score (nSPS) is 24.6. The summed E-state index contributed by atoms with van der Waals surface area (Å²) < 4.78 is 16.0. The molecule has 5 heteroatoms. The molecule has 5 nitrogen and oxygen atoms in total. The second-order valence-corrected chi connectivity index (χ2v) is 6.28. The molecule has 0 radical (unpaired) electrons. The third kappa shape index (κ3) is 6.43. The van der Waals surface area contributed by atoms with E-state index >= 15 is 0 Å². The second-order valence-electron chi connectivity index (χ2n) is 6.28. The van der Waals surface area contributed by atoms with Crippen LogP contribution in [0.1, 0.15) is 64.2 Å². The summed E-state index contributed by atoms with van der Waals surface area (Å²) in [5, 5.41) is 0. The number of carbonyl (C=O) groups is 2. The molecule has 1 saturated heterocycles. The smallest absolute Gasteiger partial charge is 0.305 e. The van der Waals surface area contributed by atoms with Crippen molar-refractivity contribution in [2.24, 2.45) is 0 Å². The van der Waals surface area contributed by atoms with Crippen LogP contribution in [0.4, 0.5) is 0 Å². The van der Waals surface area contributed by atoms with E-state index in [-0.39, 0.29) is 24.1 Å². The van der Waals surface area contributed by atoms with Crippen molar-refractivity contribution in [3.05, 3.63) is 11.6 Å². The van der Waals surface area contributed by atoms with Crippen molar-refractivity contribution in [2.75, 3.05) is 13.7 Å². The molecule has 2 atom stereocenters. The Kier molecular flexibility index (Phi) is 7.76. The Hall–Kier alpha value is -1.20. The number of methoxy groups -OCH3 is 1. The van der Waals surface area contributed by atoms with E-state index in [1.165, 1.54) is 7.11 Å². The van der Waals surface area contributed by atoms with Gasteiger partial charge in [-0.3, -0.25) is 9.59 Å². The molecule has 0 aromatic heterocycles. The molecule has 2 aliphatic rings. The van der Waals surface area contributed by atoms with Gasteiger partial charge in [0.2, 0.25) is 0 Å². The van der Waals surface area contributed by atoms with Gasteiger partial charge in [0.15, 0.2) is 12.1 Å². The predicted octanol–water partition coefficient (Wildman–Crippen LogP) is 3.31. The zero-order chi connectivity index (χ0) is 16.5. The van der Waals surface area contributed by atoms with Gasteiger partial charge in [-0.05, 0) is 50.2 Å². The van der Waals surface area contributed by atoms with Crippen LogP contribution in [0.25, 0.3) is 0 Å². The monoisotopic (exact) mass is 324 g/mol. The summed E-state index contributed by atoms with van der Waals surface area (Å²) in [5.74, 6) is 0.0592. The minimum atomic E-state index is -0.149. The summed E-state index contributed by atoms with van der Waals surface area (Å²) >= 11 is 0. The zero-order valence-corrected chi connectivity index (χ0v) is 14.1. The molecular formula is C18H28O5. The highest BCUT2D eigenvalue weighted by Crippen LogP contribution is 2.25. The number of hydrogen-bond donors (Lipinski definition) is 0. The number of esters is 1.